The molecule has 7 heteroatoms. The molecule has 0 spiro atoms. The first-order valence-corrected chi connectivity index (χ1v) is 8.80. The molecule has 110 valence electrons. The maximum atomic E-state index is 12.4. The number of hydrogen-bond acceptors (Lipinski definition) is 4. The Bertz CT molecular complexity index is 894. The van der Waals surface area contributed by atoms with E-state index < -0.39 is 10.0 Å². The number of imidazole rings is 1. The Hall–Kier alpha value is -1.70. The monoisotopic (exact) mass is 321 g/mol. The van der Waals surface area contributed by atoms with E-state index in [2.05, 4.69) is 9.71 Å². The van der Waals surface area contributed by atoms with Crippen molar-refractivity contribution in [2.45, 2.75) is 25.3 Å². The van der Waals surface area contributed by atoms with Crippen molar-refractivity contribution >= 4 is 26.3 Å². The van der Waals surface area contributed by atoms with Gasteiger partial charge in [0.05, 0.1) is 11.4 Å². The molecule has 0 radical (unpaired) electrons. The van der Waals surface area contributed by atoms with Crippen molar-refractivity contribution < 1.29 is 8.42 Å². The number of nitrogens with one attached hydrogen (secondary N) is 1. The van der Waals surface area contributed by atoms with Gasteiger partial charge in [0.15, 0.2) is 4.96 Å². The summed E-state index contributed by atoms with van der Waals surface area (Å²) in [6, 6.07) is 5.32. The number of aryl methyl sites for hydroxylation is 2. The Labute approximate surface area is 127 Å². The van der Waals surface area contributed by atoms with E-state index in [1.54, 1.807) is 25.3 Å². The van der Waals surface area contributed by atoms with Crippen LogP contribution < -0.4 is 4.72 Å². The number of thiazole rings is 1. The molecule has 21 heavy (non-hydrogen) atoms. The van der Waals surface area contributed by atoms with Crippen LogP contribution in [0.5, 0.6) is 0 Å². The zero-order valence-electron chi connectivity index (χ0n) is 11.7. The van der Waals surface area contributed by atoms with Gasteiger partial charge in [-0.1, -0.05) is 17.7 Å². The van der Waals surface area contributed by atoms with E-state index in [0.717, 1.165) is 21.8 Å². The molecule has 0 amide bonds. The van der Waals surface area contributed by atoms with Crippen LogP contribution >= 0.6 is 11.3 Å². The highest BCUT2D eigenvalue weighted by molar-refractivity contribution is 7.89. The molecule has 0 aliphatic rings. The largest absolute Gasteiger partial charge is 0.293 e. The molecular formula is C14H15N3O2S2. The van der Waals surface area contributed by atoms with Gasteiger partial charge in [-0.05, 0) is 25.5 Å². The molecule has 0 bridgehead atoms. The van der Waals surface area contributed by atoms with Crippen molar-refractivity contribution in [1.82, 2.24) is 14.1 Å². The van der Waals surface area contributed by atoms with E-state index in [1.807, 2.05) is 29.0 Å². The molecule has 0 saturated heterocycles. The highest BCUT2D eigenvalue weighted by Crippen LogP contribution is 2.18. The van der Waals surface area contributed by atoms with Gasteiger partial charge >= 0.3 is 0 Å². The molecule has 1 N–H and O–H groups in total. The van der Waals surface area contributed by atoms with Crippen LogP contribution in [0.25, 0.3) is 4.96 Å². The molecule has 2 heterocycles. The summed E-state index contributed by atoms with van der Waals surface area (Å²) >= 11 is 1.49. The zero-order chi connectivity index (χ0) is 15.0. The lowest BCUT2D eigenvalue weighted by Gasteiger charge is -2.09. The second kappa shape index (κ2) is 5.25. The third-order valence-corrected chi connectivity index (χ3v) is 5.74. The number of benzene rings is 1. The van der Waals surface area contributed by atoms with E-state index >= 15 is 0 Å². The number of rotatable bonds is 4. The normalized spacial score (nSPS) is 12.1. The standard InChI is InChI=1S/C14H15N3O2S2/c1-10-3-4-13(11(2)7-10)21(18,19)16-8-12-9-20-14-15-5-6-17(12)14/h3-7,9,16H,8H2,1-2H3. The van der Waals surface area contributed by atoms with E-state index in [-0.39, 0.29) is 6.54 Å². The molecule has 5 nitrogen and oxygen atoms in total. The minimum atomic E-state index is -3.51. The summed E-state index contributed by atoms with van der Waals surface area (Å²) in [5, 5.41) is 1.91. The number of fused-ring (bicyclic) bond motifs is 1. The lowest BCUT2D eigenvalue weighted by atomic mass is 10.2. The summed E-state index contributed by atoms with van der Waals surface area (Å²) in [6.45, 7) is 3.99. The van der Waals surface area contributed by atoms with Gasteiger partial charge in [0.25, 0.3) is 0 Å². The molecule has 3 aromatic rings. The zero-order valence-corrected chi connectivity index (χ0v) is 13.3. The van der Waals surface area contributed by atoms with Gasteiger partial charge in [-0.3, -0.25) is 4.40 Å². The predicted molar refractivity (Wildman–Crippen MR) is 83.0 cm³/mol. The fourth-order valence-electron chi connectivity index (χ4n) is 2.25. The van der Waals surface area contributed by atoms with Crippen LogP contribution in [0.2, 0.25) is 0 Å². The summed E-state index contributed by atoms with van der Waals surface area (Å²) in [7, 11) is -3.51. The predicted octanol–water partition coefficient (Wildman–Crippen LogP) is 2.49. The summed E-state index contributed by atoms with van der Waals surface area (Å²) in [4.78, 5) is 5.35. The lowest BCUT2D eigenvalue weighted by molar-refractivity contribution is 0.579. The summed E-state index contributed by atoms with van der Waals surface area (Å²) in [5.41, 5.74) is 2.67. The Morgan fingerprint density at radius 2 is 2.14 bits per heavy atom. The van der Waals surface area contributed by atoms with Crippen molar-refractivity contribution in [3.63, 3.8) is 0 Å². The number of aromatic nitrogens is 2. The van der Waals surface area contributed by atoms with Gasteiger partial charge < -0.3 is 0 Å². The second-order valence-corrected chi connectivity index (χ2v) is 7.47. The van der Waals surface area contributed by atoms with Gasteiger partial charge in [-0.25, -0.2) is 18.1 Å². The molecule has 0 fully saturated rings. The Morgan fingerprint density at radius 3 is 2.90 bits per heavy atom. The van der Waals surface area contributed by atoms with Crippen molar-refractivity contribution in [3.05, 3.63) is 52.8 Å². The minimum absolute atomic E-state index is 0.242. The third-order valence-electron chi connectivity index (χ3n) is 3.28. The van der Waals surface area contributed by atoms with Gasteiger partial charge in [0.2, 0.25) is 10.0 Å². The maximum Gasteiger partial charge on any atom is 0.241 e. The highest BCUT2D eigenvalue weighted by Gasteiger charge is 2.17. The van der Waals surface area contributed by atoms with Crippen LogP contribution in [-0.4, -0.2) is 17.8 Å². The average molecular weight is 321 g/mol. The SMILES string of the molecule is Cc1ccc(S(=O)(=O)NCc2csc3nccn23)c(C)c1. The molecule has 0 atom stereocenters. The molecular weight excluding hydrogens is 306 g/mol. The first kappa shape index (κ1) is 14.2. The van der Waals surface area contributed by atoms with Crippen LogP contribution in [0, 0.1) is 13.8 Å². The molecule has 0 unspecified atom stereocenters. The van der Waals surface area contributed by atoms with Gasteiger partial charge in [0.1, 0.15) is 0 Å². The molecule has 2 aromatic heterocycles. The van der Waals surface area contributed by atoms with Gasteiger partial charge in [-0.15, -0.1) is 11.3 Å². The lowest BCUT2D eigenvalue weighted by Crippen LogP contribution is -2.24. The number of nitrogens with zero attached hydrogens (tertiary/aromatic N) is 2. The van der Waals surface area contributed by atoms with Crippen LogP contribution in [-0.2, 0) is 16.6 Å². The molecule has 0 aliphatic heterocycles. The second-order valence-electron chi connectivity index (χ2n) is 4.90. The summed E-state index contributed by atoms with van der Waals surface area (Å²) in [6.07, 6.45) is 3.53. The third kappa shape index (κ3) is 2.72. The Kier molecular flexibility index (Phi) is 3.56. The van der Waals surface area contributed by atoms with E-state index in [4.69, 9.17) is 0 Å². The van der Waals surface area contributed by atoms with Crippen molar-refractivity contribution in [1.29, 1.82) is 0 Å². The van der Waals surface area contributed by atoms with Crippen molar-refractivity contribution in [2.24, 2.45) is 0 Å². The topological polar surface area (TPSA) is 63.5 Å². The van der Waals surface area contributed by atoms with Crippen molar-refractivity contribution in [3.8, 4) is 0 Å². The van der Waals surface area contributed by atoms with E-state index in [1.165, 1.54) is 11.3 Å². The highest BCUT2D eigenvalue weighted by atomic mass is 32.2. The van der Waals surface area contributed by atoms with E-state index in [9.17, 15) is 8.42 Å². The van der Waals surface area contributed by atoms with Crippen LogP contribution in [0.3, 0.4) is 0 Å². The number of hydrogen-bond donors (Lipinski definition) is 1. The summed E-state index contributed by atoms with van der Waals surface area (Å²) < 4.78 is 29.3. The Balaban J connectivity index is 1.85. The minimum Gasteiger partial charge on any atom is -0.293 e. The van der Waals surface area contributed by atoms with Crippen molar-refractivity contribution in [2.75, 3.05) is 0 Å². The van der Waals surface area contributed by atoms with E-state index in [0.29, 0.717) is 4.90 Å². The Morgan fingerprint density at radius 1 is 1.33 bits per heavy atom. The quantitative estimate of drug-likeness (QED) is 0.803. The average Bonchev–Trinajstić information content (AvgIpc) is 2.98. The molecule has 1 aromatic carbocycles. The summed E-state index contributed by atoms with van der Waals surface area (Å²) in [5.74, 6) is 0. The number of sulfonamides is 1. The first-order valence-electron chi connectivity index (χ1n) is 6.44. The first-order chi connectivity index (χ1) is 9.97. The fourth-order valence-corrected chi connectivity index (χ4v) is 4.32. The molecule has 3 rings (SSSR count). The fraction of sp³-hybridized carbons (Fsp3) is 0.214. The van der Waals surface area contributed by atoms with Gasteiger partial charge in [-0.2, -0.15) is 0 Å². The van der Waals surface area contributed by atoms with Crippen LogP contribution in [0.4, 0.5) is 0 Å². The molecule has 0 saturated carbocycles. The van der Waals surface area contributed by atoms with Gasteiger partial charge in [0, 0.05) is 23.5 Å². The smallest absolute Gasteiger partial charge is 0.241 e. The van der Waals surface area contributed by atoms with Crippen LogP contribution in [0.15, 0.2) is 40.9 Å². The molecule has 0 aliphatic carbocycles. The maximum absolute atomic E-state index is 12.4. The van der Waals surface area contributed by atoms with Crippen LogP contribution in [0.1, 0.15) is 16.8 Å².